The van der Waals surface area contributed by atoms with Crippen molar-refractivity contribution in [1.29, 1.82) is 0 Å². The van der Waals surface area contributed by atoms with Crippen molar-refractivity contribution in [2.45, 2.75) is 12.2 Å². The van der Waals surface area contributed by atoms with Crippen LogP contribution in [0, 0.1) is 17.0 Å². The first-order chi connectivity index (χ1) is 10.7. The van der Waals surface area contributed by atoms with E-state index in [4.69, 9.17) is 11.6 Å². The van der Waals surface area contributed by atoms with Gasteiger partial charge in [0.2, 0.25) is 10.0 Å². The molecule has 23 heavy (non-hydrogen) atoms. The number of nitro groups is 1. The van der Waals surface area contributed by atoms with Gasteiger partial charge in [0.05, 0.1) is 10.6 Å². The van der Waals surface area contributed by atoms with Gasteiger partial charge in [0, 0.05) is 18.7 Å². The summed E-state index contributed by atoms with van der Waals surface area (Å²) in [5.41, 5.74) is 2.36. The number of anilines is 1. The molecule has 0 bridgehead atoms. The lowest BCUT2D eigenvalue weighted by Gasteiger charge is -2.14. The zero-order valence-corrected chi connectivity index (χ0v) is 13.9. The molecule has 1 aliphatic rings. The number of halogens is 1. The Balaban J connectivity index is 2.22. The Morgan fingerprint density at radius 2 is 1.91 bits per heavy atom. The number of sulfonamides is 1. The minimum absolute atomic E-state index is 0.0774. The molecule has 0 spiro atoms. The normalized spacial score (nSPS) is 18.7. The molecule has 2 aromatic rings. The SMILES string of the molecule is Cc1ccc2c(c1)C(c1ccc([N+](=O)[O-])c(Cl)c1)S(=O)(=O)N2C. The molecule has 3 rings (SSSR count). The summed E-state index contributed by atoms with van der Waals surface area (Å²) in [6.07, 6.45) is 0. The van der Waals surface area contributed by atoms with Gasteiger partial charge in [-0.2, -0.15) is 0 Å². The summed E-state index contributed by atoms with van der Waals surface area (Å²) >= 11 is 5.94. The highest BCUT2D eigenvalue weighted by atomic mass is 35.5. The molecule has 1 unspecified atom stereocenters. The van der Waals surface area contributed by atoms with Crippen molar-refractivity contribution >= 4 is 33.0 Å². The van der Waals surface area contributed by atoms with Gasteiger partial charge >= 0.3 is 0 Å². The van der Waals surface area contributed by atoms with E-state index in [9.17, 15) is 18.5 Å². The van der Waals surface area contributed by atoms with E-state index in [1.54, 1.807) is 6.07 Å². The zero-order valence-electron chi connectivity index (χ0n) is 12.4. The van der Waals surface area contributed by atoms with Crippen LogP contribution in [0.5, 0.6) is 0 Å². The van der Waals surface area contributed by atoms with E-state index in [1.165, 1.54) is 29.6 Å². The maximum absolute atomic E-state index is 12.7. The number of hydrogen-bond donors (Lipinski definition) is 0. The average molecular weight is 353 g/mol. The maximum atomic E-state index is 12.7. The monoisotopic (exact) mass is 352 g/mol. The number of rotatable bonds is 2. The predicted molar refractivity (Wildman–Crippen MR) is 88.5 cm³/mol. The molecule has 0 saturated heterocycles. The maximum Gasteiger partial charge on any atom is 0.287 e. The molecule has 0 N–H and O–H groups in total. The van der Waals surface area contributed by atoms with Crippen LogP contribution < -0.4 is 4.31 Å². The molecule has 0 fully saturated rings. The quantitative estimate of drug-likeness (QED) is 0.612. The molecule has 0 aliphatic carbocycles. The number of benzene rings is 2. The van der Waals surface area contributed by atoms with Crippen LogP contribution in [0.3, 0.4) is 0 Å². The summed E-state index contributed by atoms with van der Waals surface area (Å²) in [5, 5.41) is 9.88. The molecule has 0 aromatic heterocycles. The van der Waals surface area contributed by atoms with Crippen LogP contribution in [-0.2, 0) is 10.0 Å². The lowest BCUT2D eigenvalue weighted by molar-refractivity contribution is -0.384. The van der Waals surface area contributed by atoms with E-state index < -0.39 is 20.2 Å². The Morgan fingerprint density at radius 3 is 2.52 bits per heavy atom. The summed E-state index contributed by atoms with van der Waals surface area (Å²) < 4.78 is 26.7. The zero-order chi connectivity index (χ0) is 16.9. The molecule has 2 aromatic carbocycles. The standard InChI is InChI=1S/C15H13ClN2O4S/c1-9-3-5-13-11(7-9)15(23(21,22)17(13)2)10-4-6-14(18(19)20)12(16)8-10/h3-8,15H,1-2H3. The highest BCUT2D eigenvalue weighted by molar-refractivity contribution is 7.93. The molecule has 120 valence electrons. The first-order valence-corrected chi connectivity index (χ1v) is 8.63. The third-order valence-electron chi connectivity index (χ3n) is 3.96. The summed E-state index contributed by atoms with van der Waals surface area (Å²) in [6.45, 7) is 1.88. The van der Waals surface area contributed by atoms with Crippen LogP contribution in [0.4, 0.5) is 11.4 Å². The molecule has 1 atom stereocenters. The first kappa shape index (κ1) is 15.8. The van der Waals surface area contributed by atoms with Crippen LogP contribution in [0.25, 0.3) is 0 Å². The van der Waals surface area contributed by atoms with Gasteiger partial charge in [0.15, 0.2) is 0 Å². The van der Waals surface area contributed by atoms with E-state index in [2.05, 4.69) is 0 Å². The van der Waals surface area contributed by atoms with E-state index in [0.717, 1.165) is 5.56 Å². The number of fused-ring (bicyclic) bond motifs is 1. The van der Waals surface area contributed by atoms with Gasteiger partial charge in [0.1, 0.15) is 10.3 Å². The fourth-order valence-corrected chi connectivity index (χ4v) is 4.83. The number of nitro benzene ring substituents is 1. The van der Waals surface area contributed by atoms with Crippen molar-refractivity contribution in [1.82, 2.24) is 0 Å². The highest BCUT2D eigenvalue weighted by Crippen LogP contribution is 2.46. The second kappa shape index (κ2) is 5.21. The summed E-state index contributed by atoms with van der Waals surface area (Å²) in [7, 11) is -2.14. The second-order valence-corrected chi connectivity index (χ2v) is 7.88. The Bertz CT molecular complexity index is 927. The van der Waals surface area contributed by atoms with Gasteiger partial charge in [-0.25, -0.2) is 8.42 Å². The number of hydrogen-bond acceptors (Lipinski definition) is 4. The van der Waals surface area contributed by atoms with Gasteiger partial charge in [-0.3, -0.25) is 14.4 Å². The molecule has 1 heterocycles. The Labute approximate surface area is 138 Å². The van der Waals surface area contributed by atoms with Crippen LogP contribution >= 0.6 is 11.6 Å². The van der Waals surface area contributed by atoms with Crippen LogP contribution in [0.1, 0.15) is 21.9 Å². The average Bonchev–Trinajstić information content (AvgIpc) is 2.65. The fourth-order valence-electron chi connectivity index (χ4n) is 2.81. The van der Waals surface area contributed by atoms with Crippen molar-refractivity contribution in [2.24, 2.45) is 0 Å². The molecular weight excluding hydrogens is 340 g/mol. The fraction of sp³-hybridized carbons (Fsp3) is 0.200. The topological polar surface area (TPSA) is 80.5 Å². The van der Waals surface area contributed by atoms with E-state index in [1.807, 2.05) is 19.1 Å². The third-order valence-corrected chi connectivity index (χ3v) is 6.34. The van der Waals surface area contributed by atoms with Crippen LogP contribution in [-0.4, -0.2) is 20.4 Å². The van der Waals surface area contributed by atoms with E-state index >= 15 is 0 Å². The molecular formula is C15H13ClN2O4S. The molecule has 0 amide bonds. The highest BCUT2D eigenvalue weighted by Gasteiger charge is 2.42. The van der Waals surface area contributed by atoms with Gasteiger partial charge in [-0.15, -0.1) is 0 Å². The summed E-state index contributed by atoms with van der Waals surface area (Å²) in [6, 6.07) is 9.45. The van der Waals surface area contributed by atoms with Crippen LogP contribution in [0.2, 0.25) is 5.02 Å². The van der Waals surface area contributed by atoms with Gasteiger partial charge < -0.3 is 0 Å². The number of nitrogens with zero attached hydrogens (tertiary/aromatic N) is 2. The molecule has 6 nitrogen and oxygen atoms in total. The lowest BCUT2D eigenvalue weighted by atomic mass is 10.0. The largest absolute Gasteiger partial charge is 0.287 e. The van der Waals surface area contributed by atoms with E-state index in [-0.39, 0.29) is 10.7 Å². The number of aryl methyl sites for hydroxylation is 1. The van der Waals surface area contributed by atoms with Gasteiger partial charge in [-0.05, 0) is 24.6 Å². The smallest absolute Gasteiger partial charge is 0.272 e. The first-order valence-electron chi connectivity index (χ1n) is 6.75. The van der Waals surface area contributed by atoms with Crippen LogP contribution in [0.15, 0.2) is 36.4 Å². The third kappa shape index (κ3) is 2.36. The molecule has 8 heteroatoms. The Hall–Kier alpha value is -2.12. The Kier molecular flexibility index (Phi) is 3.57. The summed E-state index contributed by atoms with van der Waals surface area (Å²) in [5.74, 6) is 0. The van der Waals surface area contributed by atoms with Crippen molar-refractivity contribution in [3.8, 4) is 0 Å². The minimum Gasteiger partial charge on any atom is -0.272 e. The molecule has 0 saturated carbocycles. The minimum atomic E-state index is -3.64. The van der Waals surface area contributed by atoms with Crippen molar-refractivity contribution in [2.75, 3.05) is 11.4 Å². The Morgan fingerprint density at radius 1 is 1.22 bits per heavy atom. The van der Waals surface area contributed by atoms with E-state index in [0.29, 0.717) is 16.8 Å². The van der Waals surface area contributed by atoms with Crippen molar-refractivity contribution in [3.05, 3.63) is 68.2 Å². The lowest BCUT2D eigenvalue weighted by Crippen LogP contribution is -2.24. The molecule has 0 radical (unpaired) electrons. The summed E-state index contributed by atoms with van der Waals surface area (Å²) in [4.78, 5) is 10.3. The molecule has 1 aliphatic heterocycles. The predicted octanol–water partition coefficient (Wildman–Crippen LogP) is 3.43. The second-order valence-electron chi connectivity index (χ2n) is 5.42. The van der Waals surface area contributed by atoms with Crippen molar-refractivity contribution < 1.29 is 13.3 Å². The van der Waals surface area contributed by atoms with Gasteiger partial charge in [-0.1, -0.05) is 35.4 Å². The van der Waals surface area contributed by atoms with Crippen molar-refractivity contribution in [3.63, 3.8) is 0 Å². The van der Waals surface area contributed by atoms with Gasteiger partial charge in [0.25, 0.3) is 5.69 Å².